The van der Waals surface area contributed by atoms with Crippen molar-refractivity contribution in [1.29, 1.82) is 0 Å². The van der Waals surface area contributed by atoms with Gasteiger partial charge in [0, 0.05) is 29.7 Å². The summed E-state index contributed by atoms with van der Waals surface area (Å²) in [6.07, 6.45) is 1.80. The van der Waals surface area contributed by atoms with Crippen molar-refractivity contribution in [3.63, 3.8) is 0 Å². The van der Waals surface area contributed by atoms with E-state index in [1.54, 1.807) is 4.90 Å². The number of nitrogens with one attached hydrogen (secondary N) is 1. The molecule has 126 valence electrons. The largest absolute Gasteiger partial charge is 0.349 e. The van der Waals surface area contributed by atoms with Crippen LogP contribution in [0.15, 0.2) is 28.7 Å². The maximum Gasteiger partial charge on any atom is 0.227 e. The maximum atomic E-state index is 12.6. The zero-order chi connectivity index (χ0) is 17.0. The number of amides is 2. The van der Waals surface area contributed by atoms with Gasteiger partial charge in [-0.15, -0.1) is 0 Å². The van der Waals surface area contributed by atoms with E-state index in [-0.39, 0.29) is 29.7 Å². The molecule has 0 saturated carbocycles. The lowest BCUT2D eigenvalue weighted by molar-refractivity contribution is -0.128. The Morgan fingerprint density at radius 1 is 1.43 bits per heavy atom. The number of hydrogen-bond acceptors (Lipinski definition) is 3. The highest BCUT2D eigenvalue weighted by Crippen LogP contribution is 2.28. The first-order chi connectivity index (χ1) is 10.9. The number of nitrogens with zero attached hydrogens (tertiary/aromatic N) is 1. The van der Waals surface area contributed by atoms with E-state index in [1.165, 1.54) is 0 Å². The van der Waals surface area contributed by atoms with Crippen LogP contribution in [-0.2, 0) is 9.59 Å². The maximum absolute atomic E-state index is 12.6. The van der Waals surface area contributed by atoms with E-state index in [9.17, 15) is 9.59 Å². The van der Waals surface area contributed by atoms with Crippen LogP contribution in [-0.4, -0.2) is 30.4 Å². The highest BCUT2D eigenvalue weighted by atomic mass is 79.9. The minimum atomic E-state index is -0.372. The molecular formula is C17H24BrN3O2. The summed E-state index contributed by atoms with van der Waals surface area (Å²) in [5.41, 5.74) is 6.28. The summed E-state index contributed by atoms with van der Waals surface area (Å²) in [5.74, 6) is -0.426. The van der Waals surface area contributed by atoms with Gasteiger partial charge in [-0.1, -0.05) is 35.8 Å². The number of carbonyl (C=O) groups is 2. The Morgan fingerprint density at radius 2 is 2.13 bits per heavy atom. The number of anilines is 1. The first kappa shape index (κ1) is 17.9. The standard InChI is InChI=1S/C17H24BrN3O2/c1-3-17(4-2,11-19)20-16(23)12-8-15(22)21(10-12)14-7-5-6-13(18)9-14/h5-7,9,12H,3-4,8,10-11,19H2,1-2H3,(H,20,23). The fraction of sp³-hybridized carbons (Fsp3) is 0.529. The molecule has 1 aliphatic heterocycles. The molecule has 1 aliphatic rings. The number of nitrogens with two attached hydrogens (primary N) is 1. The van der Waals surface area contributed by atoms with Crippen LogP contribution in [0.2, 0.25) is 0 Å². The van der Waals surface area contributed by atoms with Crippen LogP contribution in [0.1, 0.15) is 33.1 Å². The van der Waals surface area contributed by atoms with E-state index in [1.807, 2.05) is 38.1 Å². The van der Waals surface area contributed by atoms with Crippen LogP contribution < -0.4 is 16.0 Å². The molecule has 3 N–H and O–H groups in total. The number of rotatable bonds is 6. The van der Waals surface area contributed by atoms with Gasteiger partial charge < -0.3 is 16.0 Å². The van der Waals surface area contributed by atoms with Crippen molar-refractivity contribution in [2.45, 2.75) is 38.6 Å². The summed E-state index contributed by atoms with van der Waals surface area (Å²) in [6.45, 7) is 4.85. The second-order valence-corrected chi connectivity index (χ2v) is 6.98. The molecule has 0 aromatic heterocycles. The summed E-state index contributed by atoms with van der Waals surface area (Å²) in [5, 5.41) is 3.07. The summed E-state index contributed by atoms with van der Waals surface area (Å²) in [6, 6.07) is 7.56. The predicted molar refractivity (Wildman–Crippen MR) is 95.1 cm³/mol. The van der Waals surface area contributed by atoms with Crippen molar-refractivity contribution in [2.24, 2.45) is 11.7 Å². The molecule has 0 aliphatic carbocycles. The lowest BCUT2D eigenvalue weighted by Crippen LogP contribution is -2.54. The third-order valence-corrected chi connectivity index (χ3v) is 5.24. The second-order valence-electron chi connectivity index (χ2n) is 6.07. The van der Waals surface area contributed by atoms with Crippen molar-refractivity contribution in [2.75, 3.05) is 18.0 Å². The molecule has 1 aromatic carbocycles. The van der Waals surface area contributed by atoms with Gasteiger partial charge in [-0.3, -0.25) is 9.59 Å². The van der Waals surface area contributed by atoms with Gasteiger partial charge in [-0.25, -0.2) is 0 Å². The summed E-state index contributed by atoms with van der Waals surface area (Å²) < 4.78 is 0.912. The molecule has 1 aromatic rings. The molecule has 1 atom stereocenters. The Hall–Kier alpha value is -1.40. The van der Waals surface area contributed by atoms with Gasteiger partial charge in [0.05, 0.1) is 11.5 Å². The quantitative estimate of drug-likeness (QED) is 0.794. The van der Waals surface area contributed by atoms with Crippen LogP contribution in [0.3, 0.4) is 0 Å². The van der Waals surface area contributed by atoms with E-state index in [0.29, 0.717) is 13.1 Å². The third kappa shape index (κ3) is 3.93. The molecule has 0 radical (unpaired) electrons. The van der Waals surface area contributed by atoms with Crippen LogP contribution >= 0.6 is 15.9 Å². The summed E-state index contributed by atoms with van der Waals surface area (Å²) in [4.78, 5) is 26.5. The number of hydrogen-bond donors (Lipinski definition) is 2. The van der Waals surface area contributed by atoms with Crippen LogP contribution in [0.25, 0.3) is 0 Å². The van der Waals surface area contributed by atoms with Crippen molar-refractivity contribution in [3.05, 3.63) is 28.7 Å². The zero-order valence-corrected chi connectivity index (χ0v) is 15.2. The molecular weight excluding hydrogens is 358 g/mol. The van der Waals surface area contributed by atoms with Gasteiger partial charge >= 0.3 is 0 Å². The summed E-state index contributed by atoms with van der Waals surface area (Å²) >= 11 is 3.41. The average molecular weight is 382 g/mol. The van der Waals surface area contributed by atoms with Gasteiger partial charge in [0.2, 0.25) is 11.8 Å². The van der Waals surface area contributed by atoms with Crippen molar-refractivity contribution in [1.82, 2.24) is 5.32 Å². The zero-order valence-electron chi connectivity index (χ0n) is 13.6. The number of carbonyl (C=O) groups excluding carboxylic acids is 2. The highest BCUT2D eigenvalue weighted by molar-refractivity contribution is 9.10. The van der Waals surface area contributed by atoms with E-state index in [4.69, 9.17) is 5.73 Å². The molecule has 5 nitrogen and oxygen atoms in total. The predicted octanol–water partition coefficient (Wildman–Crippen LogP) is 2.44. The molecule has 1 unspecified atom stereocenters. The van der Waals surface area contributed by atoms with Gasteiger partial charge in [0.1, 0.15) is 0 Å². The van der Waals surface area contributed by atoms with Gasteiger partial charge in [0.15, 0.2) is 0 Å². The monoisotopic (exact) mass is 381 g/mol. The Balaban J connectivity index is 2.09. The van der Waals surface area contributed by atoms with Crippen molar-refractivity contribution >= 4 is 33.4 Å². The van der Waals surface area contributed by atoms with E-state index in [0.717, 1.165) is 23.0 Å². The lowest BCUT2D eigenvalue weighted by Gasteiger charge is -2.32. The van der Waals surface area contributed by atoms with Crippen molar-refractivity contribution in [3.8, 4) is 0 Å². The van der Waals surface area contributed by atoms with Crippen molar-refractivity contribution < 1.29 is 9.59 Å². The third-order valence-electron chi connectivity index (χ3n) is 4.75. The van der Waals surface area contributed by atoms with Crippen LogP contribution in [0, 0.1) is 5.92 Å². The Morgan fingerprint density at radius 3 is 2.70 bits per heavy atom. The highest BCUT2D eigenvalue weighted by Gasteiger charge is 2.37. The Labute approximate surface area is 145 Å². The van der Waals surface area contributed by atoms with Gasteiger partial charge in [0.25, 0.3) is 0 Å². The molecule has 2 amide bonds. The number of halogens is 1. The molecule has 0 spiro atoms. The normalized spacial score (nSPS) is 18.3. The Bertz CT molecular complexity index is 579. The molecule has 1 fully saturated rings. The fourth-order valence-electron chi connectivity index (χ4n) is 2.91. The van der Waals surface area contributed by atoms with E-state index < -0.39 is 0 Å². The second kappa shape index (κ2) is 7.45. The first-order valence-electron chi connectivity index (χ1n) is 8.02. The lowest BCUT2D eigenvalue weighted by atomic mass is 9.91. The average Bonchev–Trinajstić information content (AvgIpc) is 2.95. The molecule has 1 heterocycles. The smallest absolute Gasteiger partial charge is 0.227 e. The SMILES string of the molecule is CCC(CC)(CN)NC(=O)C1CC(=O)N(c2cccc(Br)c2)C1. The molecule has 0 bridgehead atoms. The molecule has 2 rings (SSSR count). The topological polar surface area (TPSA) is 75.4 Å². The van der Waals surface area contributed by atoms with Crippen LogP contribution in [0.4, 0.5) is 5.69 Å². The summed E-state index contributed by atoms with van der Waals surface area (Å²) in [7, 11) is 0. The van der Waals surface area contributed by atoms with Gasteiger partial charge in [-0.2, -0.15) is 0 Å². The van der Waals surface area contributed by atoms with E-state index in [2.05, 4.69) is 21.2 Å². The Kier molecular flexibility index (Phi) is 5.81. The fourth-order valence-corrected chi connectivity index (χ4v) is 3.29. The minimum absolute atomic E-state index is 0.0189. The van der Waals surface area contributed by atoms with E-state index >= 15 is 0 Å². The van der Waals surface area contributed by atoms with Crippen LogP contribution in [0.5, 0.6) is 0 Å². The minimum Gasteiger partial charge on any atom is -0.349 e. The molecule has 23 heavy (non-hydrogen) atoms. The molecule has 6 heteroatoms. The molecule has 1 saturated heterocycles. The first-order valence-corrected chi connectivity index (χ1v) is 8.82. The number of benzene rings is 1. The van der Waals surface area contributed by atoms with Gasteiger partial charge in [-0.05, 0) is 31.0 Å².